The highest BCUT2D eigenvalue weighted by atomic mass is 16.5. The van der Waals surface area contributed by atoms with Crippen LogP contribution in [0.2, 0.25) is 0 Å². The second-order valence-corrected chi connectivity index (χ2v) is 3.62. The summed E-state index contributed by atoms with van der Waals surface area (Å²) in [4.78, 5) is 0. The molecule has 0 spiro atoms. The summed E-state index contributed by atoms with van der Waals surface area (Å²) < 4.78 is 5.53. The molecule has 0 aromatic heterocycles. The zero-order valence-electron chi connectivity index (χ0n) is 9.29. The Kier molecular flexibility index (Phi) is 4.20. The summed E-state index contributed by atoms with van der Waals surface area (Å²) >= 11 is 0. The molecule has 15 heavy (non-hydrogen) atoms. The molecule has 0 saturated heterocycles. The zero-order valence-corrected chi connectivity index (χ0v) is 9.29. The Morgan fingerprint density at radius 1 is 1.53 bits per heavy atom. The summed E-state index contributed by atoms with van der Waals surface area (Å²) in [7, 11) is 0. The van der Waals surface area contributed by atoms with Gasteiger partial charge in [0.2, 0.25) is 0 Å². The van der Waals surface area contributed by atoms with E-state index < -0.39 is 0 Å². The Morgan fingerprint density at radius 3 is 2.80 bits per heavy atom. The molecule has 0 aliphatic heterocycles. The lowest BCUT2D eigenvalue weighted by atomic mass is 10.1. The number of ether oxygens (including phenoxy) is 1. The van der Waals surface area contributed by atoms with E-state index in [4.69, 9.17) is 16.9 Å². The van der Waals surface area contributed by atoms with E-state index in [1.807, 2.05) is 26.0 Å². The maximum absolute atomic E-state index is 5.79. The van der Waals surface area contributed by atoms with Crippen molar-refractivity contribution in [3.8, 4) is 18.1 Å². The highest BCUT2D eigenvalue weighted by Crippen LogP contribution is 2.21. The number of hydrogen-bond acceptors (Lipinski definition) is 2. The van der Waals surface area contributed by atoms with Gasteiger partial charge >= 0.3 is 0 Å². The first-order valence-electron chi connectivity index (χ1n) is 5.07. The summed E-state index contributed by atoms with van der Waals surface area (Å²) in [5, 5.41) is 0. The number of hydrogen-bond donors (Lipinski definition) is 1. The van der Waals surface area contributed by atoms with E-state index in [2.05, 4.69) is 12.0 Å². The van der Waals surface area contributed by atoms with Crippen LogP contribution >= 0.6 is 0 Å². The quantitative estimate of drug-likeness (QED) is 0.602. The van der Waals surface area contributed by atoms with Crippen LogP contribution in [0.5, 0.6) is 5.75 Å². The molecule has 1 aromatic carbocycles. The standard InChI is InChI=1S/C13H17NO/c1-4-5-8-15-13-7-6-12(11(3)14)9-10(13)2/h1,6-7,9,11H,5,8,14H2,2-3H3/t11-/m0/s1. The molecule has 2 N–H and O–H groups in total. The predicted octanol–water partition coefficient (Wildman–Crippen LogP) is 2.42. The van der Waals surface area contributed by atoms with Crippen molar-refractivity contribution in [1.29, 1.82) is 0 Å². The second-order valence-electron chi connectivity index (χ2n) is 3.62. The summed E-state index contributed by atoms with van der Waals surface area (Å²) in [5.41, 5.74) is 8.01. The Bertz CT molecular complexity index is 363. The lowest BCUT2D eigenvalue weighted by Crippen LogP contribution is -2.05. The Balaban J connectivity index is 2.71. The van der Waals surface area contributed by atoms with Crippen LogP contribution in [0.3, 0.4) is 0 Å². The third kappa shape index (κ3) is 3.30. The largest absolute Gasteiger partial charge is 0.492 e. The maximum atomic E-state index is 5.79. The van der Waals surface area contributed by atoms with Gasteiger partial charge in [-0.3, -0.25) is 0 Å². The average Bonchev–Trinajstić information content (AvgIpc) is 2.20. The fourth-order valence-electron chi connectivity index (χ4n) is 1.34. The van der Waals surface area contributed by atoms with Gasteiger partial charge in [-0.05, 0) is 31.0 Å². The maximum Gasteiger partial charge on any atom is 0.122 e. The summed E-state index contributed by atoms with van der Waals surface area (Å²) in [5.74, 6) is 3.43. The molecule has 1 atom stereocenters. The first kappa shape index (κ1) is 11.6. The van der Waals surface area contributed by atoms with Gasteiger partial charge < -0.3 is 10.5 Å². The van der Waals surface area contributed by atoms with Crippen molar-refractivity contribution in [2.75, 3.05) is 6.61 Å². The summed E-state index contributed by atoms with van der Waals surface area (Å²) in [6.07, 6.45) is 5.78. The third-order valence-electron chi connectivity index (χ3n) is 2.23. The highest BCUT2D eigenvalue weighted by Gasteiger charge is 2.03. The Hall–Kier alpha value is -1.46. The van der Waals surface area contributed by atoms with Crippen molar-refractivity contribution >= 4 is 0 Å². The molecule has 1 rings (SSSR count). The number of benzene rings is 1. The normalized spacial score (nSPS) is 11.9. The molecule has 0 saturated carbocycles. The molecular formula is C13H17NO. The van der Waals surface area contributed by atoms with Crippen LogP contribution in [0.4, 0.5) is 0 Å². The van der Waals surface area contributed by atoms with E-state index in [0.29, 0.717) is 13.0 Å². The van der Waals surface area contributed by atoms with Gasteiger partial charge in [-0.15, -0.1) is 12.3 Å². The molecular weight excluding hydrogens is 186 g/mol. The molecule has 0 bridgehead atoms. The molecule has 0 heterocycles. The van der Waals surface area contributed by atoms with Crippen LogP contribution in [-0.2, 0) is 0 Å². The minimum atomic E-state index is 0.0588. The van der Waals surface area contributed by atoms with Crippen molar-refractivity contribution in [2.45, 2.75) is 26.3 Å². The van der Waals surface area contributed by atoms with Crippen LogP contribution < -0.4 is 10.5 Å². The van der Waals surface area contributed by atoms with Crippen LogP contribution in [0, 0.1) is 19.3 Å². The molecule has 0 amide bonds. The highest BCUT2D eigenvalue weighted by molar-refractivity contribution is 5.37. The van der Waals surface area contributed by atoms with Crippen LogP contribution in [0.15, 0.2) is 18.2 Å². The molecule has 80 valence electrons. The topological polar surface area (TPSA) is 35.2 Å². The third-order valence-corrected chi connectivity index (χ3v) is 2.23. The van der Waals surface area contributed by atoms with E-state index in [9.17, 15) is 0 Å². The molecule has 0 aliphatic carbocycles. The van der Waals surface area contributed by atoms with Crippen molar-refractivity contribution in [2.24, 2.45) is 5.73 Å². The first-order valence-corrected chi connectivity index (χ1v) is 5.07. The number of nitrogens with two attached hydrogens (primary N) is 1. The van der Waals surface area contributed by atoms with Gasteiger partial charge in [0.05, 0.1) is 6.61 Å². The van der Waals surface area contributed by atoms with Crippen molar-refractivity contribution < 1.29 is 4.74 Å². The van der Waals surface area contributed by atoms with Crippen molar-refractivity contribution in [3.05, 3.63) is 29.3 Å². The Labute approximate surface area is 91.4 Å². The van der Waals surface area contributed by atoms with E-state index in [-0.39, 0.29) is 6.04 Å². The lowest BCUT2D eigenvalue weighted by molar-refractivity contribution is 0.325. The van der Waals surface area contributed by atoms with E-state index in [1.54, 1.807) is 0 Å². The number of rotatable bonds is 4. The van der Waals surface area contributed by atoms with Gasteiger partial charge in [0.25, 0.3) is 0 Å². The molecule has 2 heteroatoms. The monoisotopic (exact) mass is 203 g/mol. The SMILES string of the molecule is C#CCCOc1ccc([C@H](C)N)cc1C. The van der Waals surface area contributed by atoms with E-state index in [0.717, 1.165) is 16.9 Å². The smallest absolute Gasteiger partial charge is 0.122 e. The molecule has 0 fully saturated rings. The molecule has 0 aliphatic rings. The van der Waals surface area contributed by atoms with Gasteiger partial charge in [0.15, 0.2) is 0 Å². The second kappa shape index (κ2) is 5.43. The number of aryl methyl sites for hydroxylation is 1. The van der Waals surface area contributed by atoms with Crippen molar-refractivity contribution in [3.63, 3.8) is 0 Å². The molecule has 0 unspecified atom stereocenters. The van der Waals surface area contributed by atoms with Gasteiger partial charge in [-0.25, -0.2) is 0 Å². The van der Waals surface area contributed by atoms with Gasteiger partial charge in [0, 0.05) is 12.5 Å². The summed E-state index contributed by atoms with van der Waals surface area (Å²) in [6, 6.07) is 6.05. The van der Waals surface area contributed by atoms with Gasteiger partial charge in [-0.1, -0.05) is 12.1 Å². The van der Waals surface area contributed by atoms with Crippen LogP contribution in [-0.4, -0.2) is 6.61 Å². The molecule has 2 nitrogen and oxygen atoms in total. The van der Waals surface area contributed by atoms with E-state index in [1.165, 1.54) is 0 Å². The van der Waals surface area contributed by atoms with Crippen LogP contribution in [0.25, 0.3) is 0 Å². The van der Waals surface area contributed by atoms with Crippen molar-refractivity contribution in [1.82, 2.24) is 0 Å². The Morgan fingerprint density at radius 2 is 2.27 bits per heavy atom. The molecule has 1 aromatic rings. The average molecular weight is 203 g/mol. The van der Waals surface area contributed by atoms with E-state index >= 15 is 0 Å². The first-order chi connectivity index (χ1) is 7.15. The minimum Gasteiger partial charge on any atom is -0.492 e. The predicted molar refractivity (Wildman–Crippen MR) is 62.7 cm³/mol. The minimum absolute atomic E-state index is 0.0588. The lowest BCUT2D eigenvalue weighted by Gasteiger charge is -2.11. The zero-order chi connectivity index (χ0) is 11.3. The number of terminal acetylenes is 1. The molecule has 0 radical (unpaired) electrons. The fraction of sp³-hybridized carbons (Fsp3) is 0.385. The van der Waals surface area contributed by atoms with Crippen LogP contribution in [0.1, 0.15) is 30.5 Å². The summed E-state index contributed by atoms with van der Waals surface area (Å²) in [6.45, 7) is 4.54. The fourth-order valence-corrected chi connectivity index (χ4v) is 1.34. The van der Waals surface area contributed by atoms with Gasteiger partial charge in [0.1, 0.15) is 5.75 Å². The van der Waals surface area contributed by atoms with Gasteiger partial charge in [-0.2, -0.15) is 0 Å².